The fourth-order valence-corrected chi connectivity index (χ4v) is 0.648. The first-order chi connectivity index (χ1) is 5.34. The summed E-state index contributed by atoms with van der Waals surface area (Å²) in [5, 5.41) is 0. The van der Waals surface area contributed by atoms with E-state index in [1.807, 2.05) is 0 Å². The van der Waals surface area contributed by atoms with Gasteiger partial charge in [0.15, 0.2) is 5.75 Å². The van der Waals surface area contributed by atoms with Crippen LogP contribution in [-0.4, -0.2) is 18.1 Å². The largest absolute Gasteiger partial charge is 0.487 e. The smallest absolute Gasteiger partial charge is 0.255 e. The fourth-order valence-electron chi connectivity index (χ4n) is 0.648. The van der Waals surface area contributed by atoms with Gasteiger partial charge in [0.1, 0.15) is 6.61 Å². The Labute approximate surface area is 64.0 Å². The summed E-state index contributed by atoms with van der Waals surface area (Å²) in [6, 6.07) is 3.12. The molecule has 0 aromatic carbocycles. The minimum atomic E-state index is -0.596. The molecule has 1 aromatic rings. The second-order valence-electron chi connectivity index (χ2n) is 1.93. The van der Waals surface area contributed by atoms with Crippen LogP contribution in [0, 0.1) is 5.95 Å². The van der Waals surface area contributed by atoms with Crippen LogP contribution >= 0.6 is 0 Å². The van der Waals surface area contributed by atoms with Gasteiger partial charge in [0.05, 0.1) is 0 Å². The summed E-state index contributed by atoms with van der Waals surface area (Å²) in [6.07, 6.45) is 1.37. The molecule has 2 N–H and O–H groups in total. The van der Waals surface area contributed by atoms with Crippen LogP contribution in [-0.2, 0) is 0 Å². The van der Waals surface area contributed by atoms with E-state index in [9.17, 15) is 4.39 Å². The summed E-state index contributed by atoms with van der Waals surface area (Å²) in [4.78, 5) is 3.40. The Morgan fingerprint density at radius 1 is 1.64 bits per heavy atom. The number of ether oxygens (including phenoxy) is 1. The van der Waals surface area contributed by atoms with E-state index in [-0.39, 0.29) is 5.75 Å². The molecule has 0 saturated carbocycles. The predicted molar refractivity (Wildman–Crippen MR) is 38.7 cm³/mol. The lowest BCUT2D eigenvalue weighted by molar-refractivity contribution is 0.306. The molecule has 0 unspecified atom stereocenters. The molecule has 0 saturated heterocycles. The molecule has 0 amide bonds. The van der Waals surface area contributed by atoms with Gasteiger partial charge in [0.2, 0.25) is 0 Å². The molecule has 0 fully saturated rings. The molecule has 4 heteroatoms. The molecule has 0 spiro atoms. The average molecular weight is 156 g/mol. The van der Waals surface area contributed by atoms with Crippen LogP contribution in [0.5, 0.6) is 5.75 Å². The molecule has 1 aromatic heterocycles. The highest BCUT2D eigenvalue weighted by Gasteiger charge is 2.00. The van der Waals surface area contributed by atoms with Crippen molar-refractivity contribution in [1.29, 1.82) is 0 Å². The first kappa shape index (κ1) is 7.94. The van der Waals surface area contributed by atoms with Crippen LogP contribution in [0.15, 0.2) is 18.3 Å². The van der Waals surface area contributed by atoms with Crippen molar-refractivity contribution < 1.29 is 9.13 Å². The molecule has 3 nitrogen and oxygen atoms in total. The van der Waals surface area contributed by atoms with Gasteiger partial charge in [-0.05, 0) is 12.1 Å². The first-order valence-electron chi connectivity index (χ1n) is 3.28. The van der Waals surface area contributed by atoms with Crippen molar-refractivity contribution in [1.82, 2.24) is 4.98 Å². The van der Waals surface area contributed by atoms with Crippen molar-refractivity contribution in [3.8, 4) is 5.75 Å². The third-order valence-electron chi connectivity index (χ3n) is 1.10. The Hall–Kier alpha value is -1.16. The molecular formula is C7H9FN2O. The van der Waals surface area contributed by atoms with Gasteiger partial charge in [-0.3, -0.25) is 0 Å². The topological polar surface area (TPSA) is 48.1 Å². The van der Waals surface area contributed by atoms with Gasteiger partial charge in [-0.15, -0.1) is 0 Å². The first-order valence-corrected chi connectivity index (χ1v) is 3.28. The number of hydrogen-bond donors (Lipinski definition) is 1. The van der Waals surface area contributed by atoms with Crippen molar-refractivity contribution in [3.05, 3.63) is 24.3 Å². The van der Waals surface area contributed by atoms with E-state index < -0.39 is 5.95 Å². The van der Waals surface area contributed by atoms with E-state index >= 15 is 0 Å². The minimum absolute atomic E-state index is 0.151. The van der Waals surface area contributed by atoms with Gasteiger partial charge >= 0.3 is 0 Å². The van der Waals surface area contributed by atoms with Gasteiger partial charge in [-0.2, -0.15) is 4.39 Å². The molecule has 1 heterocycles. The Balaban J connectivity index is 2.62. The van der Waals surface area contributed by atoms with Crippen LogP contribution < -0.4 is 10.5 Å². The van der Waals surface area contributed by atoms with Crippen LogP contribution in [0.2, 0.25) is 0 Å². The molecule has 0 aliphatic carbocycles. The predicted octanol–water partition coefficient (Wildman–Crippen LogP) is 0.558. The van der Waals surface area contributed by atoms with Crippen molar-refractivity contribution in [2.45, 2.75) is 0 Å². The third kappa shape index (κ3) is 2.16. The summed E-state index contributed by atoms with van der Waals surface area (Å²) in [5.74, 6) is -0.445. The highest BCUT2D eigenvalue weighted by atomic mass is 19.1. The molecule has 0 atom stereocenters. The van der Waals surface area contributed by atoms with Crippen LogP contribution in [0.1, 0.15) is 0 Å². The van der Waals surface area contributed by atoms with Gasteiger partial charge in [-0.25, -0.2) is 4.98 Å². The standard InChI is InChI=1S/C7H9FN2O/c8-7-6(11-5-3-9)2-1-4-10-7/h1-2,4H,3,5,9H2. The highest BCUT2D eigenvalue weighted by Crippen LogP contribution is 2.11. The molecule has 0 radical (unpaired) electrons. The van der Waals surface area contributed by atoms with Gasteiger partial charge < -0.3 is 10.5 Å². The maximum atomic E-state index is 12.6. The molecule has 0 aliphatic heterocycles. The van der Waals surface area contributed by atoms with E-state index in [4.69, 9.17) is 10.5 Å². The van der Waals surface area contributed by atoms with Gasteiger partial charge in [0.25, 0.3) is 5.95 Å². The Bertz CT molecular complexity index is 229. The number of nitrogens with zero attached hydrogens (tertiary/aromatic N) is 1. The molecule has 1 rings (SSSR count). The molecule has 0 bridgehead atoms. The average Bonchev–Trinajstić information content (AvgIpc) is 2.03. The lowest BCUT2D eigenvalue weighted by Gasteiger charge is -2.02. The Kier molecular flexibility index (Phi) is 2.80. The van der Waals surface area contributed by atoms with Crippen molar-refractivity contribution in [2.75, 3.05) is 13.2 Å². The monoisotopic (exact) mass is 156 g/mol. The molecule has 0 aliphatic rings. The van der Waals surface area contributed by atoms with Gasteiger partial charge in [-0.1, -0.05) is 0 Å². The zero-order chi connectivity index (χ0) is 8.10. The summed E-state index contributed by atoms with van der Waals surface area (Å²) < 4.78 is 17.6. The second-order valence-corrected chi connectivity index (χ2v) is 1.93. The normalized spacial score (nSPS) is 9.64. The number of rotatable bonds is 3. The maximum Gasteiger partial charge on any atom is 0.255 e. The molecule has 60 valence electrons. The van der Waals surface area contributed by atoms with E-state index in [1.54, 1.807) is 6.07 Å². The highest BCUT2D eigenvalue weighted by molar-refractivity contribution is 5.17. The van der Waals surface area contributed by atoms with E-state index in [0.717, 1.165) is 0 Å². The van der Waals surface area contributed by atoms with Crippen molar-refractivity contribution >= 4 is 0 Å². The van der Waals surface area contributed by atoms with Crippen LogP contribution in [0.4, 0.5) is 4.39 Å². The van der Waals surface area contributed by atoms with Gasteiger partial charge in [0, 0.05) is 12.7 Å². The summed E-state index contributed by atoms with van der Waals surface area (Å²) in [5.41, 5.74) is 5.16. The SMILES string of the molecule is NCCOc1cccnc1F. The molecular weight excluding hydrogens is 147 g/mol. The summed E-state index contributed by atoms with van der Waals surface area (Å²) in [6.45, 7) is 0.678. The zero-order valence-corrected chi connectivity index (χ0v) is 5.96. The summed E-state index contributed by atoms with van der Waals surface area (Å²) >= 11 is 0. The lowest BCUT2D eigenvalue weighted by Crippen LogP contribution is -2.11. The van der Waals surface area contributed by atoms with E-state index in [0.29, 0.717) is 13.2 Å². The van der Waals surface area contributed by atoms with Crippen molar-refractivity contribution in [2.24, 2.45) is 5.73 Å². The van der Waals surface area contributed by atoms with Crippen LogP contribution in [0.3, 0.4) is 0 Å². The fraction of sp³-hybridized carbons (Fsp3) is 0.286. The Morgan fingerprint density at radius 3 is 3.09 bits per heavy atom. The number of halogens is 1. The number of pyridine rings is 1. The molecule has 11 heavy (non-hydrogen) atoms. The van der Waals surface area contributed by atoms with E-state index in [2.05, 4.69) is 4.98 Å². The number of hydrogen-bond acceptors (Lipinski definition) is 3. The number of nitrogens with two attached hydrogens (primary N) is 1. The van der Waals surface area contributed by atoms with Crippen LogP contribution in [0.25, 0.3) is 0 Å². The maximum absolute atomic E-state index is 12.6. The second kappa shape index (κ2) is 3.88. The zero-order valence-electron chi connectivity index (χ0n) is 5.96. The van der Waals surface area contributed by atoms with Crippen molar-refractivity contribution in [3.63, 3.8) is 0 Å². The quantitative estimate of drug-likeness (QED) is 0.650. The lowest BCUT2D eigenvalue weighted by atomic mass is 10.4. The minimum Gasteiger partial charge on any atom is -0.487 e. The van der Waals surface area contributed by atoms with E-state index in [1.165, 1.54) is 12.3 Å². The third-order valence-corrected chi connectivity index (χ3v) is 1.10. The Morgan fingerprint density at radius 2 is 2.45 bits per heavy atom. The summed E-state index contributed by atoms with van der Waals surface area (Å²) in [7, 11) is 0. The number of aromatic nitrogens is 1.